The van der Waals surface area contributed by atoms with Gasteiger partial charge in [-0.3, -0.25) is 0 Å². The lowest BCUT2D eigenvalue weighted by Gasteiger charge is -2.05. The zero-order valence-electron chi connectivity index (χ0n) is 11.6. The Hall–Kier alpha value is -1.04. The summed E-state index contributed by atoms with van der Waals surface area (Å²) in [4.78, 5) is 4.71. The zero-order chi connectivity index (χ0) is 13.5. The zero-order valence-corrected chi connectivity index (χ0v) is 12.4. The SMILES string of the molecule is CCNCc1c(SCCCOC)nc2ccccn12. The molecule has 0 aliphatic carbocycles. The van der Waals surface area contributed by atoms with Crippen molar-refractivity contribution < 1.29 is 4.74 Å². The largest absolute Gasteiger partial charge is 0.385 e. The maximum Gasteiger partial charge on any atom is 0.138 e. The predicted octanol–water partition coefficient (Wildman–Crippen LogP) is 2.57. The summed E-state index contributed by atoms with van der Waals surface area (Å²) in [5.74, 6) is 1.04. The molecule has 0 saturated carbocycles. The fourth-order valence-corrected chi connectivity index (χ4v) is 2.87. The predicted molar refractivity (Wildman–Crippen MR) is 79.8 cm³/mol. The Morgan fingerprint density at radius 2 is 2.32 bits per heavy atom. The molecule has 5 heteroatoms. The summed E-state index contributed by atoms with van der Waals surface area (Å²) >= 11 is 1.81. The number of nitrogens with one attached hydrogen (secondary N) is 1. The highest BCUT2D eigenvalue weighted by molar-refractivity contribution is 7.99. The summed E-state index contributed by atoms with van der Waals surface area (Å²) in [6.45, 7) is 4.75. The van der Waals surface area contributed by atoms with Crippen LogP contribution in [0.2, 0.25) is 0 Å². The second-order valence-electron chi connectivity index (χ2n) is 4.27. The molecule has 0 saturated heterocycles. The molecule has 2 aromatic rings. The summed E-state index contributed by atoms with van der Waals surface area (Å²) < 4.78 is 7.25. The molecular weight excluding hydrogens is 258 g/mol. The van der Waals surface area contributed by atoms with Crippen molar-refractivity contribution in [2.24, 2.45) is 0 Å². The molecule has 0 atom stereocenters. The number of nitrogens with zero attached hydrogens (tertiary/aromatic N) is 2. The minimum atomic E-state index is 0.808. The van der Waals surface area contributed by atoms with Gasteiger partial charge in [-0.1, -0.05) is 13.0 Å². The molecule has 0 radical (unpaired) electrons. The fraction of sp³-hybridized carbons (Fsp3) is 0.500. The molecule has 19 heavy (non-hydrogen) atoms. The summed E-state index contributed by atoms with van der Waals surface area (Å²) in [7, 11) is 1.74. The molecule has 0 spiro atoms. The van der Waals surface area contributed by atoms with E-state index in [1.807, 2.05) is 23.9 Å². The molecular formula is C14H21N3OS. The summed E-state index contributed by atoms with van der Waals surface area (Å²) in [6, 6.07) is 6.12. The van der Waals surface area contributed by atoms with E-state index in [9.17, 15) is 0 Å². The quantitative estimate of drug-likeness (QED) is 0.595. The first kappa shape index (κ1) is 14.4. The highest BCUT2D eigenvalue weighted by Gasteiger charge is 2.11. The normalized spacial score (nSPS) is 11.3. The van der Waals surface area contributed by atoms with Crippen molar-refractivity contribution in [3.8, 4) is 0 Å². The Morgan fingerprint density at radius 3 is 3.11 bits per heavy atom. The van der Waals surface area contributed by atoms with E-state index in [-0.39, 0.29) is 0 Å². The second kappa shape index (κ2) is 7.53. The lowest BCUT2D eigenvalue weighted by atomic mass is 10.4. The Bertz CT molecular complexity index is 512. The number of hydrogen-bond acceptors (Lipinski definition) is 4. The second-order valence-corrected chi connectivity index (χ2v) is 5.35. The van der Waals surface area contributed by atoms with E-state index in [0.29, 0.717) is 0 Å². The van der Waals surface area contributed by atoms with E-state index >= 15 is 0 Å². The number of aromatic nitrogens is 2. The molecule has 0 fully saturated rings. The molecule has 0 aliphatic heterocycles. The number of pyridine rings is 1. The van der Waals surface area contributed by atoms with Gasteiger partial charge in [0.25, 0.3) is 0 Å². The maximum absolute atomic E-state index is 5.08. The standard InChI is InChI=1S/C14H21N3OS/c1-3-15-11-12-14(19-10-6-9-18-2)16-13-7-4-5-8-17(12)13/h4-5,7-8,15H,3,6,9-11H2,1-2H3. The van der Waals surface area contributed by atoms with Gasteiger partial charge in [-0.15, -0.1) is 11.8 Å². The minimum Gasteiger partial charge on any atom is -0.385 e. The van der Waals surface area contributed by atoms with Crippen LogP contribution in [-0.4, -0.2) is 35.4 Å². The van der Waals surface area contributed by atoms with E-state index in [1.54, 1.807) is 7.11 Å². The van der Waals surface area contributed by atoms with Crippen molar-refractivity contribution in [3.05, 3.63) is 30.1 Å². The first-order chi connectivity index (χ1) is 9.36. The molecule has 104 valence electrons. The molecule has 0 bridgehead atoms. The number of imidazole rings is 1. The smallest absolute Gasteiger partial charge is 0.138 e. The lowest BCUT2D eigenvalue weighted by molar-refractivity contribution is 0.200. The molecule has 0 aromatic carbocycles. The molecule has 2 heterocycles. The maximum atomic E-state index is 5.08. The number of ether oxygens (including phenoxy) is 1. The van der Waals surface area contributed by atoms with Crippen LogP contribution >= 0.6 is 11.8 Å². The first-order valence-electron chi connectivity index (χ1n) is 6.65. The van der Waals surface area contributed by atoms with E-state index in [0.717, 1.165) is 42.5 Å². The Kier molecular flexibility index (Phi) is 5.69. The van der Waals surface area contributed by atoms with Crippen molar-refractivity contribution in [1.29, 1.82) is 0 Å². The first-order valence-corrected chi connectivity index (χ1v) is 7.63. The van der Waals surface area contributed by atoms with Crippen LogP contribution in [0, 0.1) is 0 Å². The topological polar surface area (TPSA) is 38.6 Å². The third kappa shape index (κ3) is 3.72. The molecule has 4 nitrogen and oxygen atoms in total. The van der Waals surface area contributed by atoms with Gasteiger partial charge < -0.3 is 14.5 Å². The van der Waals surface area contributed by atoms with Crippen LogP contribution in [0.4, 0.5) is 0 Å². The van der Waals surface area contributed by atoms with E-state index in [1.165, 1.54) is 5.69 Å². The third-order valence-electron chi connectivity index (χ3n) is 2.87. The van der Waals surface area contributed by atoms with Crippen molar-refractivity contribution in [2.75, 3.05) is 26.0 Å². The van der Waals surface area contributed by atoms with Crippen molar-refractivity contribution in [2.45, 2.75) is 24.9 Å². The van der Waals surface area contributed by atoms with Crippen LogP contribution in [0.5, 0.6) is 0 Å². The number of thioether (sulfide) groups is 1. The average Bonchev–Trinajstić information content (AvgIpc) is 2.79. The highest BCUT2D eigenvalue weighted by atomic mass is 32.2. The summed E-state index contributed by atoms with van der Waals surface area (Å²) in [5.41, 5.74) is 2.27. The van der Waals surface area contributed by atoms with Gasteiger partial charge in [0.1, 0.15) is 10.7 Å². The highest BCUT2D eigenvalue weighted by Crippen LogP contribution is 2.24. The molecule has 1 N–H and O–H groups in total. The van der Waals surface area contributed by atoms with Crippen LogP contribution in [0.15, 0.2) is 29.4 Å². The molecule has 0 aliphatic rings. The van der Waals surface area contributed by atoms with Crippen molar-refractivity contribution >= 4 is 17.4 Å². The van der Waals surface area contributed by atoms with Crippen LogP contribution in [-0.2, 0) is 11.3 Å². The van der Waals surface area contributed by atoms with Gasteiger partial charge >= 0.3 is 0 Å². The monoisotopic (exact) mass is 279 g/mol. The number of methoxy groups -OCH3 is 1. The average molecular weight is 279 g/mol. The summed E-state index contributed by atoms with van der Waals surface area (Å²) in [5, 5.41) is 4.51. The van der Waals surface area contributed by atoms with Crippen LogP contribution in [0.25, 0.3) is 5.65 Å². The fourth-order valence-electron chi connectivity index (χ4n) is 1.92. The number of fused-ring (bicyclic) bond motifs is 1. The van der Waals surface area contributed by atoms with Crippen LogP contribution < -0.4 is 5.32 Å². The molecule has 0 amide bonds. The number of hydrogen-bond donors (Lipinski definition) is 1. The van der Waals surface area contributed by atoms with Crippen LogP contribution in [0.1, 0.15) is 19.0 Å². The third-order valence-corrected chi connectivity index (χ3v) is 3.96. The molecule has 2 rings (SSSR count). The Balaban J connectivity index is 2.15. The van der Waals surface area contributed by atoms with Crippen LogP contribution in [0.3, 0.4) is 0 Å². The van der Waals surface area contributed by atoms with Crippen molar-refractivity contribution in [3.63, 3.8) is 0 Å². The van der Waals surface area contributed by atoms with Gasteiger partial charge in [-0.2, -0.15) is 0 Å². The lowest BCUT2D eigenvalue weighted by Crippen LogP contribution is -2.14. The number of rotatable bonds is 8. The Labute approximate surface area is 118 Å². The van der Waals surface area contributed by atoms with E-state index < -0.39 is 0 Å². The van der Waals surface area contributed by atoms with Gasteiger partial charge in [-0.25, -0.2) is 4.98 Å². The molecule has 0 unspecified atom stereocenters. The van der Waals surface area contributed by atoms with Gasteiger partial charge in [0, 0.05) is 32.2 Å². The van der Waals surface area contributed by atoms with Gasteiger partial charge in [0.2, 0.25) is 0 Å². The molecule has 2 aromatic heterocycles. The Morgan fingerprint density at radius 1 is 1.42 bits per heavy atom. The van der Waals surface area contributed by atoms with E-state index in [2.05, 4.69) is 28.9 Å². The van der Waals surface area contributed by atoms with E-state index in [4.69, 9.17) is 9.72 Å². The summed E-state index contributed by atoms with van der Waals surface area (Å²) in [6.07, 6.45) is 3.13. The van der Waals surface area contributed by atoms with Gasteiger partial charge in [0.15, 0.2) is 0 Å². The minimum absolute atomic E-state index is 0.808. The van der Waals surface area contributed by atoms with Gasteiger partial charge in [0.05, 0.1) is 5.69 Å². The van der Waals surface area contributed by atoms with Gasteiger partial charge in [-0.05, 0) is 25.1 Å². The van der Waals surface area contributed by atoms with Crippen molar-refractivity contribution in [1.82, 2.24) is 14.7 Å².